The van der Waals surface area contributed by atoms with Gasteiger partial charge in [-0.05, 0) is 24.3 Å². The Bertz CT molecular complexity index is 1320. The van der Waals surface area contributed by atoms with E-state index in [2.05, 4.69) is 25.2 Å². The lowest BCUT2D eigenvalue weighted by molar-refractivity contribution is 0.0337. The van der Waals surface area contributed by atoms with Crippen LogP contribution in [-0.4, -0.2) is 52.1 Å². The largest absolute Gasteiger partial charge is 0.379 e. The first-order chi connectivity index (χ1) is 16.6. The van der Waals surface area contributed by atoms with Crippen molar-refractivity contribution >= 4 is 22.8 Å². The smallest absolute Gasteiger partial charge is 0.264 e. The van der Waals surface area contributed by atoms with Crippen molar-refractivity contribution in [1.29, 1.82) is 0 Å². The summed E-state index contributed by atoms with van der Waals surface area (Å²) in [5.74, 6) is 0.352. The van der Waals surface area contributed by atoms with Gasteiger partial charge in [-0.25, -0.2) is 18.7 Å². The van der Waals surface area contributed by atoms with E-state index in [9.17, 15) is 13.6 Å². The van der Waals surface area contributed by atoms with E-state index in [1.807, 2.05) is 12.1 Å². The number of carbonyl (C=O) groups excluding carboxylic acids is 1. The first-order valence-electron chi connectivity index (χ1n) is 11.0. The van der Waals surface area contributed by atoms with E-state index >= 15 is 0 Å². The molecule has 0 spiro atoms. The van der Waals surface area contributed by atoms with Crippen molar-refractivity contribution < 1.29 is 18.3 Å². The van der Waals surface area contributed by atoms with E-state index in [4.69, 9.17) is 4.74 Å². The highest BCUT2D eigenvalue weighted by molar-refractivity contribution is 6.11. The standard InChI is InChI=1S/C25H23F2N5O2/c26-23(27)17-6-1-2-7-18(17)24-29-20-9-4-8-19(22(20)31-24)25(33)30-21-10-3-5-16(28-21)15-32-11-13-34-14-12-32/h1-10,23H,11-15H2,(H,29,31)(H,28,30,33). The van der Waals surface area contributed by atoms with Crippen LogP contribution in [0.1, 0.15) is 28.0 Å². The van der Waals surface area contributed by atoms with E-state index in [0.717, 1.165) is 18.8 Å². The van der Waals surface area contributed by atoms with Crippen molar-refractivity contribution in [2.24, 2.45) is 0 Å². The molecule has 34 heavy (non-hydrogen) atoms. The number of nitrogens with one attached hydrogen (secondary N) is 2. The van der Waals surface area contributed by atoms with Crippen molar-refractivity contribution in [3.8, 4) is 11.4 Å². The van der Waals surface area contributed by atoms with Crippen LogP contribution in [0.25, 0.3) is 22.4 Å². The van der Waals surface area contributed by atoms with Gasteiger partial charge in [0, 0.05) is 30.8 Å². The normalized spacial score (nSPS) is 14.6. The zero-order valence-corrected chi connectivity index (χ0v) is 18.3. The van der Waals surface area contributed by atoms with Gasteiger partial charge in [0.15, 0.2) is 0 Å². The second kappa shape index (κ2) is 9.66. The van der Waals surface area contributed by atoms with Crippen molar-refractivity contribution in [3.05, 3.63) is 77.5 Å². The minimum Gasteiger partial charge on any atom is -0.379 e. The Labute approximate surface area is 194 Å². The molecule has 9 heteroatoms. The molecule has 2 aromatic heterocycles. The number of hydrogen-bond acceptors (Lipinski definition) is 5. The molecule has 0 atom stereocenters. The average Bonchev–Trinajstić information content (AvgIpc) is 3.29. The Morgan fingerprint density at radius 1 is 1.03 bits per heavy atom. The third-order valence-electron chi connectivity index (χ3n) is 5.75. The number of aromatic nitrogens is 3. The SMILES string of the molecule is O=C(Nc1cccc(CN2CCOCC2)n1)c1cccc2[nH]c(-c3ccccc3C(F)F)nc12. The number of benzene rings is 2. The van der Waals surface area contributed by atoms with Crippen LogP contribution in [0.15, 0.2) is 60.7 Å². The maximum Gasteiger partial charge on any atom is 0.264 e. The number of pyridine rings is 1. The van der Waals surface area contributed by atoms with E-state index in [1.165, 1.54) is 6.07 Å². The number of H-pyrrole nitrogens is 1. The molecule has 0 saturated carbocycles. The Hall–Kier alpha value is -3.69. The number of carbonyl (C=O) groups is 1. The van der Waals surface area contributed by atoms with Crippen LogP contribution in [0.5, 0.6) is 0 Å². The number of para-hydroxylation sites is 1. The average molecular weight is 463 g/mol. The second-order valence-corrected chi connectivity index (χ2v) is 8.03. The molecule has 7 nitrogen and oxygen atoms in total. The molecule has 3 heterocycles. The minimum absolute atomic E-state index is 0.117. The Balaban J connectivity index is 1.40. The van der Waals surface area contributed by atoms with Crippen molar-refractivity contribution in [2.75, 3.05) is 31.6 Å². The highest BCUT2D eigenvalue weighted by atomic mass is 19.3. The van der Waals surface area contributed by atoms with Crippen LogP contribution in [0.2, 0.25) is 0 Å². The molecule has 1 aliphatic rings. The molecule has 174 valence electrons. The predicted octanol–water partition coefficient (Wildman–Crippen LogP) is 4.65. The zero-order chi connectivity index (χ0) is 23.5. The number of anilines is 1. The number of rotatable bonds is 6. The molecular formula is C25H23F2N5O2. The Kier molecular flexibility index (Phi) is 6.29. The number of alkyl halides is 2. The van der Waals surface area contributed by atoms with Crippen LogP contribution < -0.4 is 5.32 Å². The first kappa shape index (κ1) is 22.1. The molecule has 5 rings (SSSR count). The number of fused-ring (bicyclic) bond motifs is 1. The fourth-order valence-corrected chi connectivity index (χ4v) is 4.06. The highest BCUT2D eigenvalue weighted by Gasteiger charge is 2.19. The van der Waals surface area contributed by atoms with Crippen LogP contribution in [0.3, 0.4) is 0 Å². The van der Waals surface area contributed by atoms with Gasteiger partial charge in [0.2, 0.25) is 0 Å². The Morgan fingerprint density at radius 2 is 1.82 bits per heavy atom. The number of nitrogens with zero attached hydrogens (tertiary/aromatic N) is 3. The molecular weight excluding hydrogens is 440 g/mol. The molecule has 1 aliphatic heterocycles. The molecule has 0 unspecified atom stereocenters. The predicted molar refractivity (Wildman–Crippen MR) is 125 cm³/mol. The third kappa shape index (κ3) is 4.66. The van der Waals surface area contributed by atoms with Crippen LogP contribution in [-0.2, 0) is 11.3 Å². The lowest BCUT2D eigenvalue weighted by Gasteiger charge is -2.26. The molecule has 0 radical (unpaired) electrons. The quantitative estimate of drug-likeness (QED) is 0.435. The maximum absolute atomic E-state index is 13.5. The molecule has 2 aromatic carbocycles. The van der Waals surface area contributed by atoms with E-state index in [-0.39, 0.29) is 17.3 Å². The van der Waals surface area contributed by atoms with Gasteiger partial charge in [0.25, 0.3) is 12.3 Å². The summed E-state index contributed by atoms with van der Waals surface area (Å²) in [6.45, 7) is 3.77. The van der Waals surface area contributed by atoms with Crippen LogP contribution in [0, 0.1) is 0 Å². The summed E-state index contributed by atoms with van der Waals surface area (Å²) in [5.41, 5.74) is 2.36. The van der Waals surface area contributed by atoms with Gasteiger partial charge in [-0.15, -0.1) is 0 Å². The molecule has 1 saturated heterocycles. The van der Waals surface area contributed by atoms with Gasteiger partial charge >= 0.3 is 0 Å². The number of aromatic amines is 1. The summed E-state index contributed by atoms with van der Waals surface area (Å²) in [5, 5.41) is 2.84. The summed E-state index contributed by atoms with van der Waals surface area (Å²) in [4.78, 5) is 27.5. The zero-order valence-electron chi connectivity index (χ0n) is 18.3. The minimum atomic E-state index is -2.64. The summed E-state index contributed by atoms with van der Waals surface area (Å²) in [6.07, 6.45) is -2.64. The molecule has 0 bridgehead atoms. The molecule has 0 aliphatic carbocycles. The fraction of sp³-hybridized carbons (Fsp3) is 0.240. The van der Waals surface area contributed by atoms with E-state index in [1.54, 1.807) is 42.5 Å². The molecule has 1 fully saturated rings. The van der Waals surface area contributed by atoms with Gasteiger partial charge < -0.3 is 15.0 Å². The molecule has 2 N–H and O–H groups in total. The fourth-order valence-electron chi connectivity index (χ4n) is 4.06. The van der Waals surface area contributed by atoms with Crippen LogP contribution in [0.4, 0.5) is 14.6 Å². The molecule has 1 amide bonds. The van der Waals surface area contributed by atoms with Gasteiger partial charge in [-0.1, -0.05) is 36.4 Å². The lowest BCUT2D eigenvalue weighted by Crippen LogP contribution is -2.35. The number of amides is 1. The lowest BCUT2D eigenvalue weighted by atomic mass is 10.1. The van der Waals surface area contributed by atoms with Crippen molar-refractivity contribution in [1.82, 2.24) is 19.9 Å². The van der Waals surface area contributed by atoms with Crippen molar-refractivity contribution in [2.45, 2.75) is 13.0 Å². The molecule has 4 aromatic rings. The van der Waals surface area contributed by atoms with E-state index < -0.39 is 6.43 Å². The summed E-state index contributed by atoms with van der Waals surface area (Å²) < 4.78 is 32.3. The summed E-state index contributed by atoms with van der Waals surface area (Å²) >= 11 is 0. The monoisotopic (exact) mass is 463 g/mol. The van der Waals surface area contributed by atoms with Gasteiger partial charge in [-0.2, -0.15) is 0 Å². The summed E-state index contributed by atoms with van der Waals surface area (Å²) in [6, 6.07) is 16.8. The summed E-state index contributed by atoms with van der Waals surface area (Å²) in [7, 11) is 0. The third-order valence-corrected chi connectivity index (χ3v) is 5.75. The first-order valence-corrected chi connectivity index (χ1v) is 11.0. The highest BCUT2D eigenvalue weighted by Crippen LogP contribution is 2.31. The number of halogens is 2. The van der Waals surface area contributed by atoms with Gasteiger partial charge in [0.1, 0.15) is 17.2 Å². The number of imidazole rings is 1. The van der Waals surface area contributed by atoms with Crippen molar-refractivity contribution in [3.63, 3.8) is 0 Å². The van der Waals surface area contributed by atoms with E-state index in [0.29, 0.717) is 47.7 Å². The topological polar surface area (TPSA) is 83.1 Å². The number of morpholine rings is 1. The van der Waals surface area contributed by atoms with Gasteiger partial charge in [0.05, 0.1) is 30.0 Å². The second-order valence-electron chi connectivity index (χ2n) is 8.03. The maximum atomic E-state index is 13.5. The Morgan fingerprint density at radius 3 is 2.65 bits per heavy atom. The van der Waals surface area contributed by atoms with Gasteiger partial charge in [-0.3, -0.25) is 9.69 Å². The van der Waals surface area contributed by atoms with Crippen LogP contribution >= 0.6 is 0 Å². The number of hydrogen-bond donors (Lipinski definition) is 2. The number of ether oxygens (including phenoxy) is 1.